The van der Waals surface area contributed by atoms with Crippen LogP contribution in [0.2, 0.25) is 0 Å². The van der Waals surface area contributed by atoms with Crippen LogP contribution in [-0.4, -0.2) is 19.9 Å². The Hall–Kier alpha value is -6.26. The van der Waals surface area contributed by atoms with Crippen molar-refractivity contribution in [3.05, 3.63) is 170 Å². The quantitative estimate of drug-likeness (QED) is 0.194. The van der Waals surface area contributed by atoms with Crippen LogP contribution >= 0.6 is 0 Å². The number of benzene rings is 6. The topological polar surface area (TPSA) is 51.6 Å². The van der Waals surface area contributed by atoms with Gasteiger partial charge in [-0.1, -0.05) is 140 Å². The Bertz CT molecular complexity index is 2210. The summed E-state index contributed by atoms with van der Waals surface area (Å²) in [6.07, 6.45) is 3.66. The van der Waals surface area contributed by atoms with E-state index in [2.05, 4.69) is 89.9 Å². The molecule has 0 bridgehead atoms. The third kappa shape index (κ3) is 5.44. The average Bonchev–Trinajstić information content (AvgIpc) is 3.15. The predicted octanol–water partition coefficient (Wildman–Crippen LogP) is 10.4. The van der Waals surface area contributed by atoms with Crippen molar-refractivity contribution in [2.75, 3.05) is 0 Å². The molecule has 4 nitrogen and oxygen atoms in total. The molecule has 8 rings (SSSR count). The van der Waals surface area contributed by atoms with Crippen molar-refractivity contribution in [1.82, 2.24) is 19.9 Å². The summed E-state index contributed by atoms with van der Waals surface area (Å²) in [5.74, 6) is 1.96. The molecule has 216 valence electrons. The van der Waals surface area contributed by atoms with Crippen LogP contribution < -0.4 is 0 Å². The first-order valence-corrected chi connectivity index (χ1v) is 15.3. The zero-order valence-electron chi connectivity index (χ0n) is 25.0. The number of pyridine rings is 1. The number of aromatic nitrogens is 4. The fourth-order valence-corrected chi connectivity index (χ4v) is 5.84. The van der Waals surface area contributed by atoms with Gasteiger partial charge >= 0.3 is 0 Å². The monoisotopic (exact) mass is 588 g/mol. The van der Waals surface area contributed by atoms with Crippen LogP contribution in [0.1, 0.15) is 0 Å². The first-order valence-electron chi connectivity index (χ1n) is 15.3. The molecule has 0 fully saturated rings. The minimum absolute atomic E-state index is 0.648. The first-order chi connectivity index (χ1) is 22.8. The van der Waals surface area contributed by atoms with E-state index < -0.39 is 0 Å². The molecule has 0 unspecified atom stereocenters. The van der Waals surface area contributed by atoms with Crippen LogP contribution in [0.15, 0.2) is 170 Å². The van der Waals surface area contributed by atoms with Crippen LogP contribution in [0.3, 0.4) is 0 Å². The summed E-state index contributed by atoms with van der Waals surface area (Å²) >= 11 is 0. The number of hydrogen-bond acceptors (Lipinski definition) is 4. The Kier molecular flexibility index (Phi) is 7.14. The molecule has 0 aliphatic carbocycles. The van der Waals surface area contributed by atoms with Gasteiger partial charge in [0.1, 0.15) is 0 Å². The van der Waals surface area contributed by atoms with Gasteiger partial charge in [0.25, 0.3) is 0 Å². The molecule has 0 aliphatic rings. The molecule has 0 saturated carbocycles. The van der Waals surface area contributed by atoms with Gasteiger partial charge in [0, 0.05) is 29.1 Å². The van der Waals surface area contributed by atoms with Crippen molar-refractivity contribution in [2.24, 2.45) is 0 Å². The van der Waals surface area contributed by atoms with Gasteiger partial charge in [0.15, 0.2) is 17.5 Å². The summed E-state index contributed by atoms with van der Waals surface area (Å²) in [7, 11) is 0. The molecular formula is C42H28N4. The van der Waals surface area contributed by atoms with E-state index in [1.165, 1.54) is 33.0 Å². The Labute approximate surface area is 267 Å². The molecule has 4 heteroatoms. The van der Waals surface area contributed by atoms with E-state index in [-0.39, 0.29) is 0 Å². The summed E-state index contributed by atoms with van der Waals surface area (Å²) in [6, 6.07) is 54.7. The lowest BCUT2D eigenvalue weighted by atomic mass is 9.94. The molecule has 0 atom stereocenters. The molecule has 0 saturated heterocycles. The highest BCUT2D eigenvalue weighted by Gasteiger charge is 2.13. The Balaban J connectivity index is 1.15. The third-order valence-corrected chi connectivity index (χ3v) is 8.27. The highest BCUT2D eigenvalue weighted by Crippen LogP contribution is 2.34. The maximum atomic E-state index is 4.90. The Morgan fingerprint density at radius 2 is 0.761 bits per heavy atom. The molecule has 46 heavy (non-hydrogen) atoms. The fraction of sp³-hybridized carbons (Fsp3) is 0. The van der Waals surface area contributed by atoms with Gasteiger partial charge in [-0.25, -0.2) is 15.0 Å². The van der Waals surface area contributed by atoms with E-state index in [1.807, 2.05) is 85.2 Å². The second kappa shape index (κ2) is 12.0. The number of rotatable bonds is 6. The van der Waals surface area contributed by atoms with E-state index in [9.17, 15) is 0 Å². The highest BCUT2D eigenvalue weighted by molar-refractivity contribution is 5.99. The van der Waals surface area contributed by atoms with Crippen LogP contribution in [0, 0.1) is 0 Å². The van der Waals surface area contributed by atoms with Crippen LogP contribution in [0.5, 0.6) is 0 Å². The van der Waals surface area contributed by atoms with Crippen LogP contribution in [0.25, 0.3) is 78.3 Å². The lowest BCUT2D eigenvalue weighted by Crippen LogP contribution is -2.00. The van der Waals surface area contributed by atoms with Gasteiger partial charge in [-0.05, 0) is 62.4 Å². The molecule has 0 amide bonds. The molecule has 2 aromatic heterocycles. The van der Waals surface area contributed by atoms with Crippen molar-refractivity contribution < 1.29 is 0 Å². The smallest absolute Gasteiger partial charge is 0.164 e. The van der Waals surface area contributed by atoms with Crippen molar-refractivity contribution in [3.63, 3.8) is 0 Å². The largest absolute Gasteiger partial charge is 0.265 e. The molecule has 0 aliphatic heterocycles. The van der Waals surface area contributed by atoms with E-state index >= 15 is 0 Å². The third-order valence-electron chi connectivity index (χ3n) is 8.27. The summed E-state index contributed by atoms with van der Waals surface area (Å²) < 4.78 is 0. The molecule has 6 aromatic carbocycles. The molecule has 0 spiro atoms. The number of hydrogen-bond donors (Lipinski definition) is 0. The summed E-state index contributed by atoms with van der Waals surface area (Å²) in [5.41, 5.74) is 9.89. The zero-order chi connectivity index (χ0) is 30.7. The molecule has 0 N–H and O–H groups in total. The summed E-state index contributed by atoms with van der Waals surface area (Å²) in [5, 5.41) is 2.42. The minimum atomic E-state index is 0.648. The minimum Gasteiger partial charge on any atom is -0.265 e. The van der Waals surface area contributed by atoms with Gasteiger partial charge < -0.3 is 0 Å². The lowest BCUT2D eigenvalue weighted by Gasteiger charge is -2.11. The number of fused-ring (bicyclic) bond motifs is 1. The van der Waals surface area contributed by atoms with Gasteiger partial charge in [-0.3, -0.25) is 4.98 Å². The Morgan fingerprint density at radius 3 is 1.35 bits per heavy atom. The molecular weight excluding hydrogens is 560 g/mol. The normalized spacial score (nSPS) is 11.0. The molecule has 8 aromatic rings. The fourth-order valence-electron chi connectivity index (χ4n) is 5.84. The van der Waals surface area contributed by atoms with E-state index in [4.69, 9.17) is 15.0 Å². The second-order valence-corrected chi connectivity index (χ2v) is 11.2. The standard InChI is InChI=1S/C42H28N4/c1-3-8-34(9-4-1)40-44-41(35-10-5-2-6-11-35)46-42(45-40)36-21-18-33(19-22-36)38-13-7-12-32-20-23-37(28-39(32)38)30-16-14-29(15-17-30)31-24-26-43-27-25-31/h1-28H. The Morgan fingerprint density at radius 1 is 0.304 bits per heavy atom. The summed E-state index contributed by atoms with van der Waals surface area (Å²) in [6.45, 7) is 0. The first kappa shape index (κ1) is 27.3. The highest BCUT2D eigenvalue weighted by atomic mass is 15.0. The van der Waals surface area contributed by atoms with E-state index in [0.29, 0.717) is 17.5 Å². The van der Waals surface area contributed by atoms with E-state index in [1.54, 1.807) is 0 Å². The van der Waals surface area contributed by atoms with Gasteiger partial charge in [0.2, 0.25) is 0 Å². The van der Waals surface area contributed by atoms with Crippen molar-refractivity contribution in [1.29, 1.82) is 0 Å². The average molecular weight is 589 g/mol. The maximum Gasteiger partial charge on any atom is 0.164 e. The summed E-state index contributed by atoms with van der Waals surface area (Å²) in [4.78, 5) is 18.8. The van der Waals surface area contributed by atoms with Gasteiger partial charge in [-0.15, -0.1) is 0 Å². The lowest BCUT2D eigenvalue weighted by molar-refractivity contribution is 1.07. The van der Waals surface area contributed by atoms with Crippen LogP contribution in [0.4, 0.5) is 0 Å². The zero-order valence-corrected chi connectivity index (χ0v) is 25.0. The number of nitrogens with zero attached hydrogens (tertiary/aromatic N) is 4. The van der Waals surface area contributed by atoms with Crippen LogP contribution in [-0.2, 0) is 0 Å². The van der Waals surface area contributed by atoms with E-state index in [0.717, 1.165) is 27.8 Å². The molecule has 0 radical (unpaired) electrons. The molecule has 2 heterocycles. The van der Waals surface area contributed by atoms with Gasteiger partial charge in [-0.2, -0.15) is 0 Å². The van der Waals surface area contributed by atoms with Crippen molar-refractivity contribution >= 4 is 10.8 Å². The van der Waals surface area contributed by atoms with Gasteiger partial charge in [0.05, 0.1) is 0 Å². The van der Waals surface area contributed by atoms with Crippen molar-refractivity contribution in [2.45, 2.75) is 0 Å². The SMILES string of the molecule is c1ccc(-c2nc(-c3ccccc3)nc(-c3ccc(-c4cccc5ccc(-c6ccc(-c7ccncc7)cc6)cc45)cc3)n2)cc1. The maximum absolute atomic E-state index is 4.90. The second-order valence-electron chi connectivity index (χ2n) is 11.2. The van der Waals surface area contributed by atoms with Crippen molar-refractivity contribution in [3.8, 4) is 67.5 Å². The predicted molar refractivity (Wildman–Crippen MR) is 188 cm³/mol.